The maximum absolute atomic E-state index is 12.4. The predicted molar refractivity (Wildman–Crippen MR) is 107 cm³/mol. The lowest BCUT2D eigenvalue weighted by Gasteiger charge is -2.08. The molecule has 0 unspecified atom stereocenters. The number of hydrogen-bond donors (Lipinski definition) is 4. The highest BCUT2D eigenvalue weighted by Gasteiger charge is 2.19. The van der Waals surface area contributed by atoms with Gasteiger partial charge in [0.05, 0.1) is 13.4 Å². The fraction of sp³-hybridized carbons (Fsp3) is 0.100. The maximum atomic E-state index is 12.4. The summed E-state index contributed by atoms with van der Waals surface area (Å²) in [6, 6.07) is 13.3. The lowest BCUT2D eigenvalue weighted by atomic mass is 10.2. The molecule has 2 aromatic carbocycles. The van der Waals surface area contributed by atoms with Gasteiger partial charge in [-0.15, -0.1) is 0 Å². The number of nitrogens with one attached hydrogen (secondary N) is 4. The minimum absolute atomic E-state index is 0.0127. The van der Waals surface area contributed by atoms with Gasteiger partial charge in [-0.05, 0) is 48.5 Å². The Balaban J connectivity index is 1.64. The van der Waals surface area contributed by atoms with Crippen LogP contribution in [-0.4, -0.2) is 41.8 Å². The quantitative estimate of drug-likeness (QED) is 0.511. The van der Waals surface area contributed by atoms with Crippen LogP contribution < -0.4 is 20.7 Å². The Hall–Kier alpha value is -4.14. The minimum atomic E-state index is -0.528. The first-order valence-electron chi connectivity index (χ1n) is 8.64. The fourth-order valence-corrected chi connectivity index (χ4v) is 2.54. The Morgan fingerprint density at radius 3 is 2.00 bits per heavy atom. The van der Waals surface area contributed by atoms with E-state index in [2.05, 4.69) is 25.9 Å². The highest BCUT2D eigenvalue weighted by atomic mass is 16.5. The van der Waals surface area contributed by atoms with Crippen molar-refractivity contribution in [2.24, 2.45) is 0 Å². The van der Waals surface area contributed by atoms with Crippen LogP contribution in [0, 0.1) is 0 Å². The molecule has 1 heterocycles. The van der Waals surface area contributed by atoms with Gasteiger partial charge in [-0.25, -0.2) is 4.98 Å². The highest BCUT2D eigenvalue weighted by Crippen LogP contribution is 2.17. The molecule has 0 aliphatic carbocycles. The zero-order valence-electron chi connectivity index (χ0n) is 15.8. The third-order valence-corrected chi connectivity index (χ3v) is 4.06. The number of hydrogen-bond acceptors (Lipinski definition) is 5. The third-order valence-electron chi connectivity index (χ3n) is 4.06. The van der Waals surface area contributed by atoms with Crippen LogP contribution in [-0.2, 0) is 0 Å². The molecule has 0 bridgehead atoms. The first-order valence-corrected chi connectivity index (χ1v) is 8.64. The summed E-state index contributed by atoms with van der Waals surface area (Å²) in [5.41, 5.74) is 1.61. The number of nitrogens with zero attached hydrogens (tertiary/aromatic N) is 1. The number of amides is 3. The zero-order chi connectivity index (χ0) is 20.8. The van der Waals surface area contributed by atoms with Crippen LogP contribution in [0.25, 0.3) is 0 Å². The first-order chi connectivity index (χ1) is 14.0. The third kappa shape index (κ3) is 4.59. The lowest BCUT2D eigenvalue weighted by molar-refractivity contribution is 0.0943. The van der Waals surface area contributed by atoms with Crippen molar-refractivity contribution in [1.29, 1.82) is 0 Å². The average molecular weight is 393 g/mol. The lowest BCUT2D eigenvalue weighted by Crippen LogP contribution is -2.23. The predicted octanol–water partition coefficient (Wildman–Crippen LogP) is 2.28. The van der Waals surface area contributed by atoms with E-state index in [-0.39, 0.29) is 17.3 Å². The van der Waals surface area contributed by atoms with Crippen molar-refractivity contribution in [1.82, 2.24) is 15.3 Å². The molecular formula is C20H19N5O4. The van der Waals surface area contributed by atoms with Gasteiger partial charge in [0.15, 0.2) is 5.69 Å². The van der Waals surface area contributed by atoms with E-state index in [1.54, 1.807) is 55.6 Å². The van der Waals surface area contributed by atoms with Crippen molar-refractivity contribution in [3.05, 3.63) is 71.8 Å². The molecule has 0 saturated carbocycles. The van der Waals surface area contributed by atoms with Gasteiger partial charge < -0.3 is 25.7 Å². The first kappa shape index (κ1) is 19.6. The van der Waals surface area contributed by atoms with E-state index in [1.165, 1.54) is 13.4 Å². The van der Waals surface area contributed by atoms with Crippen LogP contribution in [0.5, 0.6) is 5.75 Å². The molecule has 4 N–H and O–H groups in total. The summed E-state index contributed by atoms with van der Waals surface area (Å²) >= 11 is 0. The van der Waals surface area contributed by atoms with Crippen LogP contribution >= 0.6 is 0 Å². The number of rotatable bonds is 6. The summed E-state index contributed by atoms with van der Waals surface area (Å²) in [7, 11) is 3.02. The van der Waals surface area contributed by atoms with Crippen molar-refractivity contribution in [3.63, 3.8) is 0 Å². The molecule has 1 aromatic heterocycles. The summed E-state index contributed by atoms with van der Waals surface area (Å²) in [6.45, 7) is 0. The van der Waals surface area contributed by atoms with E-state index in [4.69, 9.17) is 4.74 Å². The molecular weight excluding hydrogens is 374 g/mol. The Morgan fingerprint density at radius 1 is 0.862 bits per heavy atom. The number of benzene rings is 2. The SMILES string of the molecule is CNC(=O)c1[nH]cnc1C(=O)Nc1ccc(NC(=O)c2ccc(OC)cc2)cc1. The largest absolute Gasteiger partial charge is 0.497 e. The molecule has 29 heavy (non-hydrogen) atoms. The fourth-order valence-electron chi connectivity index (χ4n) is 2.54. The minimum Gasteiger partial charge on any atom is -0.497 e. The van der Waals surface area contributed by atoms with E-state index in [0.29, 0.717) is 22.7 Å². The molecule has 0 atom stereocenters. The van der Waals surface area contributed by atoms with E-state index in [9.17, 15) is 14.4 Å². The van der Waals surface area contributed by atoms with Gasteiger partial charge >= 0.3 is 0 Å². The van der Waals surface area contributed by atoms with Gasteiger partial charge in [-0.2, -0.15) is 0 Å². The molecule has 9 heteroatoms. The Morgan fingerprint density at radius 2 is 1.45 bits per heavy atom. The summed E-state index contributed by atoms with van der Waals surface area (Å²) in [6.07, 6.45) is 1.28. The molecule has 0 saturated heterocycles. The number of ether oxygens (including phenoxy) is 1. The van der Waals surface area contributed by atoms with E-state index in [1.807, 2.05) is 0 Å². The number of carbonyl (C=O) groups excluding carboxylic acids is 3. The van der Waals surface area contributed by atoms with Gasteiger partial charge in [-0.1, -0.05) is 0 Å². The number of carbonyl (C=O) groups is 3. The van der Waals surface area contributed by atoms with Crippen molar-refractivity contribution < 1.29 is 19.1 Å². The topological polar surface area (TPSA) is 125 Å². The van der Waals surface area contributed by atoms with Crippen LogP contribution in [0.4, 0.5) is 11.4 Å². The Labute approximate surface area is 166 Å². The summed E-state index contributed by atoms with van der Waals surface area (Å²) in [5, 5.41) is 7.87. The summed E-state index contributed by atoms with van der Waals surface area (Å²) in [4.78, 5) is 42.9. The normalized spacial score (nSPS) is 10.1. The van der Waals surface area contributed by atoms with Crippen molar-refractivity contribution in [2.75, 3.05) is 24.8 Å². The summed E-state index contributed by atoms with van der Waals surface area (Å²) < 4.78 is 5.07. The molecule has 148 valence electrons. The molecule has 0 spiro atoms. The monoisotopic (exact) mass is 393 g/mol. The molecule has 9 nitrogen and oxygen atoms in total. The number of anilines is 2. The van der Waals surface area contributed by atoms with Gasteiger partial charge in [-0.3, -0.25) is 14.4 Å². The molecule has 3 amide bonds. The number of aromatic amines is 1. The van der Waals surface area contributed by atoms with Gasteiger partial charge in [0.2, 0.25) is 0 Å². The number of H-pyrrole nitrogens is 1. The molecule has 3 aromatic rings. The van der Waals surface area contributed by atoms with Gasteiger partial charge in [0.1, 0.15) is 11.4 Å². The van der Waals surface area contributed by atoms with Crippen LogP contribution in [0.1, 0.15) is 31.3 Å². The average Bonchev–Trinajstić information content (AvgIpc) is 3.24. The van der Waals surface area contributed by atoms with E-state index < -0.39 is 11.8 Å². The second kappa shape index (κ2) is 8.70. The number of methoxy groups -OCH3 is 1. The smallest absolute Gasteiger partial charge is 0.276 e. The van der Waals surface area contributed by atoms with Crippen molar-refractivity contribution >= 4 is 29.1 Å². The Bertz CT molecular complexity index is 1030. The van der Waals surface area contributed by atoms with Crippen LogP contribution in [0.15, 0.2) is 54.9 Å². The standard InChI is InChI=1S/C20H19N5O4/c1-21-19(27)16-17(23-11-22-16)20(28)25-14-7-5-13(6-8-14)24-18(26)12-3-9-15(29-2)10-4-12/h3-11H,1-2H3,(H,21,27)(H,22,23)(H,24,26)(H,25,28). The molecule has 0 aliphatic rings. The second-order valence-electron chi connectivity index (χ2n) is 5.92. The molecule has 0 fully saturated rings. The Kier molecular flexibility index (Phi) is 5.88. The van der Waals surface area contributed by atoms with Crippen molar-refractivity contribution in [3.8, 4) is 5.75 Å². The van der Waals surface area contributed by atoms with E-state index in [0.717, 1.165) is 0 Å². The molecule has 0 radical (unpaired) electrons. The van der Waals surface area contributed by atoms with E-state index >= 15 is 0 Å². The van der Waals surface area contributed by atoms with Crippen molar-refractivity contribution in [2.45, 2.75) is 0 Å². The molecule has 3 rings (SSSR count). The highest BCUT2D eigenvalue weighted by molar-refractivity contribution is 6.10. The number of aromatic nitrogens is 2. The van der Waals surface area contributed by atoms with Crippen LogP contribution in [0.3, 0.4) is 0 Å². The van der Waals surface area contributed by atoms with Gasteiger partial charge in [0, 0.05) is 24.0 Å². The zero-order valence-corrected chi connectivity index (χ0v) is 15.8. The number of imidazole rings is 1. The maximum Gasteiger partial charge on any atom is 0.276 e. The van der Waals surface area contributed by atoms with Crippen LogP contribution in [0.2, 0.25) is 0 Å². The summed E-state index contributed by atoms with van der Waals surface area (Å²) in [5.74, 6) is -0.571. The second-order valence-corrected chi connectivity index (χ2v) is 5.92. The molecule has 0 aliphatic heterocycles. The van der Waals surface area contributed by atoms with Gasteiger partial charge in [0.25, 0.3) is 17.7 Å².